The lowest BCUT2D eigenvalue weighted by Crippen LogP contribution is -2.27. The van der Waals surface area contributed by atoms with Crippen molar-refractivity contribution in [3.05, 3.63) is 89.0 Å². The second-order valence-corrected chi connectivity index (χ2v) is 10.6. The predicted molar refractivity (Wildman–Crippen MR) is 147 cm³/mol. The molecule has 0 spiro atoms. The lowest BCUT2D eigenvalue weighted by molar-refractivity contribution is 0.0697. The number of benzene rings is 3. The van der Waals surface area contributed by atoms with Gasteiger partial charge in [-0.1, -0.05) is 38.1 Å². The highest BCUT2D eigenvalue weighted by Crippen LogP contribution is 2.29. The normalized spacial score (nSPS) is 11.6. The van der Waals surface area contributed by atoms with Gasteiger partial charge in [-0.05, 0) is 64.7 Å². The SMILES string of the molecule is CC(C)CNC(=O)c1ccc(-c2ccccc2C(=O)Nc2ccc(C(N)=NOS(C)(=O)=O)cc2)c(C(=O)O)c1. The summed E-state index contributed by atoms with van der Waals surface area (Å²) in [6.45, 7) is 4.34. The number of anilines is 1. The Labute approximate surface area is 225 Å². The van der Waals surface area contributed by atoms with Crippen molar-refractivity contribution in [3.63, 3.8) is 0 Å². The van der Waals surface area contributed by atoms with E-state index in [4.69, 9.17) is 5.73 Å². The first kappa shape index (κ1) is 28.9. The van der Waals surface area contributed by atoms with Crippen LogP contribution in [-0.4, -0.2) is 49.9 Å². The van der Waals surface area contributed by atoms with Crippen molar-refractivity contribution < 1.29 is 32.2 Å². The van der Waals surface area contributed by atoms with E-state index in [1.807, 2.05) is 13.8 Å². The molecule has 0 aromatic heterocycles. The average Bonchev–Trinajstić information content (AvgIpc) is 2.90. The van der Waals surface area contributed by atoms with Crippen LogP contribution in [0.3, 0.4) is 0 Å². The second-order valence-electron chi connectivity index (χ2n) is 9.00. The van der Waals surface area contributed by atoms with Gasteiger partial charge in [-0.3, -0.25) is 13.9 Å². The molecule has 3 aromatic rings. The first-order valence-corrected chi connectivity index (χ1v) is 13.6. The van der Waals surface area contributed by atoms with E-state index in [1.165, 1.54) is 42.5 Å². The van der Waals surface area contributed by atoms with E-state index in [2.05, 4.69) is 20.1 Å². The number of hydrogen-bond acceptors (Lipinski definition) is 7. The van der Waals surface area contributed by atoms with Gasteiger partial charge in [0.1, 0.15) is 0 Å². The van der Waals surface area contributed by atoms with E-state index < -0.39 is 22.0 Å². The maximum absolute atomic E-state index is 13.2. The smallest absolute Gasteiger partial charge is 0.336 e. The zero-order valence-electron chi connectivity index (χ0n) is 21.5. The van der Waals surface area contributed by atoms with Crippen LogP contribution in [0, 0.1) is 5.92 Å². The number of aromatic carboxylic acids is 1. The summed E-state index contributed by atoms with van der Waals surface area (Å²) in [4.78, 5) is 37.8. The molecule has 11 nitrogen and oxygen atoms in total. The van der Waals surface area contributed by atoms with Gasteiger partial charge in [0.05, 0.1) is 11.8 Å². The Hall–Kier alpha value is -4.71. The molecule has 12 heteroatoms. The molecule has 0 atom stereocenters. The molecule has 0 saturated heterocycles. The average molecular weight is 553 g/mol. The van der Waals surface area contributed by atoms with Gasteiger partial charge in [-0.25, -0.2) is 4.79 Å². The minimum absolute atomic E-state index is 0.122. The van der Waals surface area contributed by atoms with E-state index in [1.54, 1.807) is 24.3 Å². The Morgan fingerprint density at radius 1 is 0.923 bits per heavy atom. The number of carboxylic acids is 1. The summed E-state index contributed by atoms with van der Waals surface area (Å²) < 4.78 is 26.5. The number of carbonyl (C=O) groups excluding carboxylic acids is 2. The predicted octanol–water partition coefficient (Wildman–Crippen LogP) is 3.29. The number of nitrogens with one attached hydrogen (secondary N) is 2. The third-order valence-electron chi connectivity index (χ3n) is 5.35. The van der Waals surface area contributed by atoms with E-state index in [0.717, 1.165) is 6.26 Å². The van der Waals surface area contributed by atoms with E-state index >= 15 is 0 Å². The fraction of sp³-hybridized carbons (Fsp3) is 0.185. The zero-order valence-corrected chi connectivity index (χ0v) is 22.3. The third-order valence-corrected chi connectivity index (χ3v) is 5.70. The summed E-state index contributed by atoms with van der Waals surface area (Å²) in [6, 6.07) is 16.9. The second kappa shape index (κ2) is 12.2. The summed E-state index contributed by atoms with van der Waals surface area (Å²) in [5, 5.41) is 18.7. The molecule has 204 valence electrons. The van der Waals surface area contributed by atoms with Gasteiger partial charge in [0.2, 0.25) is 0 Å². The monoisotopic (exact) mass is 552 g/mol. The molecule has 0 unspecified atom stereocenters. The van der Waals surface area contributed by atoms with Gasteiger partial charge in [0, 0.05) is 28.9 Å². The van der Waals surface area contributed by atoms with Crippen LogP contribution in [0.5, 0.6) is 0 Å². The molecule has 0 radical (unpaired) electrons. The molecule has 5 N–H and O–H groups in total. The summed E-state index contributed by atoms with van der Waals surface area (Å²) >= 11 is 0. The molecule has 0 heterocycles. The van der Waals surface area contributed by atoms with E-state index in [0.29, 0.717) is 23.4 Å². The summed E-state index contributed by atoms with van der Waals surface area (Å²) in [5.74, 6) is -2.08. The topological polar surface area (TPSA) is 177 Å². The molecule has 0 saturated carbocycles. The molecule has 3 aromatic carbocycles. The number of nitrogens with zero attached hydrogens (tertiary/aromatic N) is 1. The van der Waals surface area contributed by atoms with Gasteiger partial charge in [0.25, 0.3) is 11.8 Å². The molecule has 3 rings (SSSR count). The Morgan fingerprint density at radius 2 is 1.54 bits per heavy atom. The van der Waals surface area contributed by atoms with Crippen molar-refractivity contribution in [2.75, 3.05) is 18.1 Å². The number of amides is 2. The minimum atomic E-state index is -3.81. The largest absolute Gasteiger partial charge is 0.478 e. The maximum Gasteiger partial charge on any atom is 0.336 e. The fourth-order valence-electron chi connectivity index (χ4n) is 3.50. The van der Waals surface area contributed by atoms with Gasteiger partial charge >= 0.3 is 16.1 Å². The highest BCUT2D eigenvalue weighted by molar-refractivity contribution is 7.85. The van der Waals surface area contributed by atoms with Gasteiger partial charge in [-0.15, -0.1) is 0 Å². The first-order chi connectivity index (χ1) is 18.4. The molecule has 0 fully saturated rings. The summed E-state index contributed by atoms with van der Waals surface area (Å²) in [5.41, 5.74) is 7.41. The van der Waals surface area contributed by atoms with Crippen molar-refractivity contribution in [2.24, 2.45) is 16.8 Å². The van der Waals surface area contributed by atoms with Crippen LogP contribution in [0.15, 0.2) is 71.9 Å². The molecule has 0 aliphatic rings. The molecule has 0 bridgehead atoms. The highest BCUT2D eigenvalue weighted by atomic mass is 32.2. The van der Waals surface area contributed by atoms with Crippen LogP contribution in [0.25, 0.3) is 11.1 Å². The third kappa shape index (κ3) is 7.89. The number of rotatable bonds is 10. The van der Waals surface area contributed by atoms with Crippen molar-refractivity contribution in [1.82, 2.24) is 5.32 Å². The quantitative estimate of drug-likeness (QED) is 0.168. The Balaban J connectivity index is 1.87. The van der Waals surface area contributed by atoms with Crippen LogP contribution in [0.2, 0.25) is 0 Å². The number of nitrogens with two attached hydrogens (primary N) is 1. The fourth-order valence-corrected chi connectivity index (χ4v) is 3.71. The van der Waals surface area contributed by atoms with Crippen LogP contribution < -0.4 is 16.4 Å². The van der Waals surface area contributed by atoms with E-state index in [-0.39, 0.29) is 39.9 Å². The van der Waals surface area contributed by atoms with E-state index in [9.17, 15) is 27.9 Å². The zero-order chi connectivity index (χ0) is 28.7. The lowest BCUT2D eigenvalue weighted by atomic mass is 9.93. The van der Waals surface area contributed by atoms with Gasteiger partial charge < -0.3 is 21.5 Å². The van der Waals surface area contributed by atoms with Crippen LogP contribution in [0.4, 0.5) is 5.69 Å². The van der Waals surface area contributed by atoms with Crippen molar-refractivity contribution >= 4 is 39.4 Å². The molecule has 0 aliphatic heterocycles. The number of carboxylic acid groups (broad SMARTS) is 1. The number of oxime groups is 1. The molecular formula is C27H28N4O7S. The van der Waals surface area contributed by atoms with Crippen molar-refractivity contribution in [1.29, 1.82) is 0 Å². The number of carbonyl (C=O) groups is 3. The van der Waals surface area contributed by atoms with Gasteiger partial charge in [0.15, 0.2) is 5.84 Å². The number of hydrogen-bond donors (Lipinski definition) is 4. The standard InChI is InChI=1S/C27H28N4O7S/c1-16(2)15-29-25(32)18-10-13-21(23(14-18)27(34)35)20-6-4-5-7-22(20)26(33)30-19-11-8-17(9-12-19)24(28)31-38-39(3,36)37/h4-14,16H,15H2,1-3H3,(H2,28,31)(H,29,32)(H,30,33)(H,34,35). The van der Waals surface area contributed by atoms with Crippen LogP contribution >= 0.6 is 0 Å². The van der Waals surface area contributed by atoms with Gasteiger partial charge in [-0.2, -0.15) is 8.42 Å². The van der Waals surface area contributed by atoms with Crippen LogP contribution in [-0.2, 0) is 14.4 Å². The molecular weight excluding hydrogens is 524 g/mol. The molecule has 2 amide bonds. The van der Waals surface area contributed by atoms with Crippen LogP contribution in [0.1, 0.15) is 50.5 Å². The maximum atomic E-state index is 13.2. The summed E-state index contributed by atoms with van der Waals surface area (Å²) in [6.07, 6.45) is 0.832. The molecule has 0 aliphatic carbocycles. The summed E-state index contributed by atoms with van der Waals surface area (Å²) in [7, 11) is -3.81. The van der Waals surface area contributed by atoms with Crippen molar-refractivity contribution in [2.45, 2.75) is 13.8 Å². The first-order valence-electron chi connectivity index (χ1n) is 11.7. The molecule has 39 heavy (non-hydrogen) atoms. The highest BCUT2D eigenvalue weighted by Gasteiger charge is 2.20. The van der Waals surface area contributed by atoms with Crippen molar-refractivity contribution in [3.8, 4) is 11.1 Å². The Morgan fingerprint density at radius 3 is 2.15 bits per heavy atom. The Bertz CT molecular complexity index is 1530. The number of amidine groups is 1. The Kier molecular flexibility index (Phi) is 9.04. The lowest BCUT2D eigenvalue weighted by Gasteiger charge is -2.14. The minimum Gasteiger partial charge on any atom is -0.478 e.